The topological polar surface area (TPSA) is 98.1 Å². The van der Waals surface area contributed by atoms with Crippen LogP contribution in [0.1, 0.15) is 12.8 Å². The van der Waals surface area contributed by atoms with Gasteiger partial charge in [-0.2, -0.15) is 0 Å². The van der Waals surface area contributed by atoms with E-state index in [0.717, 1.165) is 24.2 Å². The summed E-state index contributed by atoms with van der Waals surface area (Å²) >= 11 is 1.23. The van der Waals surface area contributed by atoms with Crippen molar-refractivity contribution < 1.29 is 14.3 Å². The molecule has 0 saturated heterocycles. The third-order valence-electron chi connectivity index (χ3n) is 3.68. The predicted octanol–water partition coefficient (Wildman–Crippen LogP) is 1.57. The molecule has 3 rings (SSSR count). The van der Waals surface area contributed by atoms with Crippen LogP contribution < -0.4 is 15.4 Å². The Balaban J connectivity index is 1.56. The Morgan fingerprint density at radius 2 is 2.00 bits per heavy atom. The van der Waals surface area contributed by atoms with Crippen molar-refractivity contribution in [3.8, 4) is 17.1 Å². The second kappa shape index (κ2) is 7.56. The van der Waals surface area contributed by atoms with Gasteiger partial charge in [-0.25, -0.2) is 4.79 Å². The van der Waals surface area contributed by atoms with E-state index in [1.807, 2.05) is 35.9 Å². The molecule has 0 spiro atoms. The molecule has 0 aliphatic heterocycles. The molecule has 1 heterocycles. The molecule has 0 bridgehead atoms. The first-order chi connectivity index (χ1) is 12.1. The number of nitrogens with one attached hydrogen (secondary N) is 2. The van der Waals surface area contributed by atoms with E-state index in [2.05, 4.69) is 20.8 Å². The van der Waals surface area contributed by atoms with Crippen molar-refractivity contribution in [2.45, 2.75) is 24.0 Å². The first-order valence-corrected chi connectivity index (χ1v) is 8.82. The highest BCUT2D eigenvalue weighted by atomic mass is 32.2. The number of carbonyl (C=O) groups is 2. The second-order valence-corrected chi connectivity index (χ2v) is 6.62. The van der Waals surface area contributed by atoms with Crippen molar-refractivity contribution in [3.63, 3.8) is 0 Å². The van der Waals surface area contributed by atoms with Gasteiger partial charge in [-0.15, -0.1) is 10.2 Å². The minimum Gasteiger partial charge on any atom is -0.497 e. The molecule has 0 atom stereocenters. The second-order valence-electron chi connectivity index (χ2n) is 5.68. The lowest BCUT2D eigenvalue weighted by Crippen LogP contribution is -2.41. The Morgan fingerprint density at radius 1 is 1.28 bits per heavy atom. The molecule has 1 aromatic carbocycles. The summed E-state index contributed by atoms with van der Waals surface area (Å²) in [6.07, 6.45) is 1.95. The smallest absolute Gasteiger partial charge is 0.321 e. The summed E-state index contributed by atoms with van der Waals surface area (Å²) in [4.78, 5) is 23.4. The maximum absolute atomic E-state index is 11.8. The van der Waals surface area contributed by atoms with Gasteiger partial charge in [0.25, 0.3) is 0 Å². The zero-order valence-corrected chi connectivity index (χ0v) is 14.8. The summed E-state index contributed by atoms with van der Waals surface area (Å²) in [6, 6.07) is 7.26. The van der Waals surface area contributed by atoms with Crippen molar-refractivity contribution in [1.82, 2.24) is 25.4 Å². The van der Waals surface area contributed by atoms with Crippen LogP contribution in [0, 0.1) is 0 Å². The number of urea groups is 1. The summed E-state index contributed by atoms with van der Waals surface area (Å²) in [5, 5.41) is 13.9. The van der Waals surface area contributed by atoms with Crippen molar-refractivity contribution in [2.24, 2.45) is 7.05 Å². The molecule has 1 saturated carbocycles. The monoisotopic (exact) mass is 361 g/mol. The number of hydrogen-bond donors (Lipinski definition) is 2. The van der Waals surface area contributed by atoms with Crippen molar-refractivity contribution >= 4 is 23.7 Å². The van der Waals surface area contributed by atoms with Gasteiger partial charge in [0.2, 0.25) is 5.91 Å². The first kappa shape index (κ1) is 17.3. The van der Waals surface area contributed by atoms with Gasteiger partial charge in [-0.3, -0.25) is 10.1 Å². The SMILES string of the molecule is COc1ccc(-c2nnc(SCC(=O)NC(=O)NC3CC3)n2C)cc1. The highest BCUT2D eigenvalue weighted by Crippen LogP contribution is 2.24. The van der Waals surface area contributed by atoms with Gasteiger partial charge in [0.15, 0.2) is 11.0 Å². The number of thioether (sulfide) groups is 1. The van der Waals surface area contributed by atoms with E-state index in [1.165, 1.54) is 11.8 Å². The molecular weight excluding hydrogens is 342 g/mol. The molecule has 2 N–H and O–H groups in total. The lowest BCUT2D eigenvalue weighted by atomic mass is 10.2. The molecule has 1 aromatic heterocycles. The van der Waals surface area contributed by atoms with E-state index < -0.39 is 6.03 Å². The summed E-state index contributed by atoms with van der Waals surface area (Å²) in [5.74, 6) is 1.18. The van der Waals surface area contributed by atoms with Crippen LogP contribution in [0.5, 0.6) is 5.75 Å². The number of nitrogens with zero attached hydrogens (tertiary/aromatic N) is 3. The normalized spacial score (nSPS) is 13.4. The summed E-state index contributed by atoms with van der Waals surface area (Å²) in [5.41, 5.74) is 0.899. The van der Waals surface area contributed by atoms with Crippen molar-refractivity contribution in [2.75, 3.05) is 12.9 Å². The zero-order valence-electron chi connectivity index (χ0n) is 14.0. The zero-order chi connectivity index (χ0) is 17.8. The lowest BCUT2D eigenvalue weighted by Gasteiger charge is -2.06. The van der Waals surface area contributed by atoms with E-state index >= 15 is 0 Å². The van der Waals surface area contributed by atoms with Gasteiger partial charge < -0.3 is 14.6 Å². The molecule has 1 fully saturated rings. The van der Waals surface area contributed by atoms with Crippen LogP contribution in [0.2, 0.25) is 0 Å². The highest BCUT2D eigenvalue weighted by Gasteiger charge is 2.24. The fourth-order valence-electron chi connectivity index (χ4n) is 2.17. The third kappa shape index (κ3) is 4.50. The minimum absolute atomic E-state index is 0.0900. The van der Waals surface area contributed by atoms with Crippen LogP contribution in [0.3, 0.4) is 0 Å². The fraction of sp³-hybridized carbons (Fsp3) is 0.375. The highest BCUT2D eigenvalue weighted by molar-refractivity contribution is 7.99. The van der Waals surface area contributed by atoms with Crippen LogP contribution in [-0.2, 0) is 11.8 Å². The Bertz CT molecular complexity index is 771. The average Bonchev–Trinajstić information content (AvgIpc) is 3.34. The van der Waals surface area contributed by atoms with E-state index in [-0.39, 0.29) is 17.7 Å². The molecule has 2 aromatic rings. The van der Waals surface area contributed by atoms with Gasteiger partial charge in [-0.1, -0.05) is 11.8 Å². The molecular formula is C16H19N5O3S. The quantitative estimate of drug-likeness (QED) is 0.758. The van der Waals surface area contributed by atoms with E-state index in [4.69, 9.17) is 4.74 Å². The van der Waals surface area contributed by atoms with Crippen LogP contribution >= 0.6 is 11.8 Å². The van der Waals surface area contributed by atoms with Crippen molar-refractivity contribution in [1.29, 1.82) is 0 Å². The molecule has 1 aliphatic rings. The molecule has 8 nitrogen and oxygen atoms in total. The number of ether oxygens (including phenoxy) is 1. The van der Waals surface area contributed by atoms with Gasteiger partial charge >= 0.3 is 6.03 Å². The van der Waals surface area contributed by atoms with Crippen molar-refractivity contribution in [3.05, 3.63) is 24.3 Å². The fourth-order valence-corrected chi connectivity index (χ4v) is 2.89. The maximum atomic E-state index is 11.8. The summed E-state index contributed by atoms with van der Waals surface area (Å²) < 4.78 is 6.95. The maximum Gasteiger partial charge on any atom is 0.321 e. The number of amides is 3. The Labute approximate surface area is 149 Å². The molecule has 9 heteroatoms. The number of benzene rings is 1. The van der Waals surface area contributed by atoms with Gasteiger partial charge in [0, 0.05) is 18.7 Å². The largest absolute Gasteiger partial charge is 0.497 e. The summed E-state index contributed by atoms with van der Waals surface area (Å²) in [7, 11) is 3.45. The third-order valence-corrected chi connectivity index (χ3v) is 4.70. The number of methoxy groups -OCH3 is 1. The van der Waals surface area contributed by atoms with Gasteiger partial charge in [-0.05, 0) is 37.1 Å². The molecule has 1 aliphatic carbocycles. The molecule has 25 heavy (non-hydrogen) atoms. The molecule has 0 unspecified atom stereocenters. The van der Waals surface area contributed by atoms with Gasteiger partial charge in [0.05, 0.1) is 12.9 Å². The van der Waals surface area contributed by atoms with Crippen LogP contribution in [0.15, 0.2) is 29.4 Å². The van der Waals surface area contributed by atoms with E-state index in [0.29, 0.717) is 11.0 Å². The number of hydrogen-bond acceptors (Lipinski definition) is 6. The number of imide groups is 1. The lowest BCUT2D eigenvalue weighted by molar-refractivity contribution is -0.117. The molecule has 132 valence electrons. The Hall–Kier alpha value is -2.55. The average molecular weight is 361 g/mol. The first-order valence-electron chi connectivity index (χ1n) is 7.84. The Morgan fingerprint density at radius 3 is 2.64 bits per heavy atom. The van der Waals surface area contributed by atoms with Crippen LogP contribution in [0.25, 0.3) is 11.4 Å². The minimum atomic E-state index is -0.440. The molecule has 3 amide bonds. The van der Waals surface area contributed by atoms with E-state index in [9.17, 15) is 9.59 Å². The van der Waals surface area contributed by atoms with Gasteiger partial charge in [0.1, 0.15) is 5.75 Å². The number of aromatic nitrogens is 3. The Kier molecular flexibility index (Phi) is 5.22. The standard InChI is InChI=1S/C16H19N5O3S/c1-21-14(10-3-7-12(24-2)8-4-10)19-20-16(21)25-9-13(22)18-15(23)17-11-5-6-11/h3-4,7-8,11H,5-6,9H2,1-2H3,(H2,17,18,22,23). The molecule has 0 radical (unpaired) electrons. The van der Waals surface area contributed by atoms with Crippen LogP contribution in [-0.4, -0.2) is 45.6 Å². The van der Waals surface area contributed by atoms with Crippen LogP contribution in [0.4, 0.5) is 4.79 Å². The summed E-state index contributed by atoms with van der Waals surface area (Å²) in [6.45, 7) is 0. The number of carbonyl (C=O) groups excluding carboxylic acids is 2. The number of rotatable bonds is 6. The van der Waals surface area contributed by atoms with E-state index in [1.54, 1.807) is 7.11 Å². The predicted molar refractivity (Wildman–Crippen MR) is 93.4 cm³/mol.